The summed E-state index contributed by atoms with van der Waals surface area (Å²) in [7, 11) is 3.12. The third kappa shape index (κ3) is 3.74. The number of nitrogens with two attached hydrogens (primary N) is 1. The maximum absolute atomic E-state index is 12.2. The van der Waals surface area contributed by atoms with Gasteiger partial charge in [0.1, 0.15) is 10.5 Å². The van der Waals surface area contributed by atoms with Crippen LogP contribution >= 0.6 is 11.8 Å². The minimum atomic E-state index is -0.135. The quantitative estimate of drug-likeness (QED) is 0.444. The fourth-order valence-electron chi connectivity index (χ4n) is 2.16. The van der Waals surface area contributed by atoms with Crippen molar-refractivity contribution in [1.82, 2.24) is 19.9 Å². The summed E-state index contributed by atoms with van der Waals surface area (Å²) in [6.45, 7) is 0.0969. The number of nitrogens with zero attached hydrogens (tertiary/aromatic N) is 3. The molecule has 1 aromatic carbocycles. The van der Waals surface area contributed by atoms with Crippen LogP contribution in [0.3, 0.4) is 0 Å². The van der Waals surface area contributed by atoms with Gasteiger partial charge in [-0.1, -0.05) is 0 Å². The molecule has 2 heterocycles. The second kappa shape index (κ2) is 7.26. The zero-order valence-corrected chi connectivity index (χ0v) is 14.4. The number of imidazole rings is 1. The Morgan fingerprint density at radius 1 is 1.28 bits per heavy atom. The zero-order chi connectivity index (χ0) is 17.8. The van der Waals surface area contributed by atoms with E-state index in [4.69, 9.17) is 15.2 Å². The molecular formula is C15H16N6O3S. The molecule has 9 nitrogen and oxygen atoms in total. The first-order chi connectivity index (χ1) is 12.1. The summed E-state index contributed by atoms with van der Waals surface area (Å²) in [5.74, 6) is 1.27. The fraction of sp³-hybridized carbons (Fsp3) is 0.200. The summed E-state index contributed by atoms with van der Waals surface area (Å²) in [5, 5.41) is 3.35. The second-order valence-electron chi connectivity index (χ2n) is 4.89. The molecule has 0 radical (unpaired) electrons. The SMILES string of the molecule is COc1ccc(NCC(=O)Sc2nc(N)nc3nc[nH]c23)cc1OC. The van der Waals surface area contributed by atoms with Crippen molar-refractivity contribution < 1.29 is 14.3 Å². The lowest BCUT2D eigenvalue weighted by molar-refractivity contribution is -0.109. The summed E-state index contributed by atoms with van der Waals surface area (Å²) in [4.78, 5) is 27.3. The highest BCUT2D eigenvalue weighted by molar-refractivity contribution is 8.13. The molecule has 0 saturated carbocycles. The van der Waals surface area contributed by atoms with Crippen LogP contribution in [-0.4, -0.2) is 45.8 Å². The average Bonchev–Trinajstić information content (AvgIpc) is 3.08. The van der Waals surface area contributed by atoms with E-state index in [1.165, 1.54) is 6.33 Å². The van der Waals surface area contributed by atoms with Gasteiger partial charge in [0.05, 0.1) is 27.1 Å². The summed E-state index contributed by atoms with van der Waals surface area (Å²) in [6, 6.07) is 5.32. The predicted octanol–water partition coefficient (Wildman–Crippen LogP) is 1.68. The molecule has 25 heavy (non-hydrogen) atoms. The Morgan fingerprint density at radius 3 is 2.84 bits per heavy atom. The molecular weight excluding hydrogens is 344 g/mol. The molecule has 0 aliphatic heterocycles. The van der Waals surface area contributed by atoms with Crippen LogP contribution in [0.25, 0.3) is 11.2 Å². The number of H-pyrrole nitrogens is 1. The van der Waals surface area contributed by atoms with Crippen LogP contribution < -0.4 is 20.5 Å². The number of benzene rings is 1. The maximum atomic E-state index is 12.2. The Morgan fingerprint density at radius 2 is 2.08 bits per heavy atom. The zero-order valence-electron chi connectivity index (χ0n) is 13.6. The lowest BCUT2D eigenvalue weighted by Crippen LogP contribution is -2.11. The number of ether oxygens (including phenoxy) is 2. The van der Waals surface area contributed by atoms with E-state index in [0.717, 1.165) is 17.4 Å². The highest BCUT2D eigenvalue weighted by atomic mass is 32.2. The first kappa shape index (κ1) is 16.8. The number of carbonyl (C=O) groups is 1. The number of anilines is 2. The molecule has 2 aromatic heterocycles. The number of aromatic nitrogens is 4. The number of hydrogen-bond acceptors (Lipinski definition) is 9. The number of rotatable bonds is 6. The third-order valence-electron chi connectivity index (χ3n) is 3.30. The van der Waals surface area contributed by atoms with Gasteiger partial charge in [-0.2, -0.15) is 4.98 Å². The maximum Gasteiger partial charge on any atom is 0.223 e. The van der Waals surface area contributed by atoms with Gasteiger partial charge in [0.2, 0.25) is 11.1 Å². The third-order valence-corrected chi connectivity index (χ3v) is 4.16. The molecule has 130 valence electrons. The Labute approximate surface area is 147 Å². The number of carbonyl (C=O) groups excluding carboxylic acids is 1. The topological polar surface area (TPSA) is 128 Å². The fourth-order valence-corrected chi connectivity index (χ4v) is 2.91. The van der Waals surface area contributed by atoms with E-state index in [1.807, 2.05) is 0 Å². The molecule has 0 aliphatic carbocycles. The molecule has 0 fully saturated rings. The lowest BCUT2D eigenvalue weighted by atomic mass is 10.2. The Hall–Kier alpha value is -3.01. The summed E-state index contributed by atoms with van der Waals surface area (Å²) in [5.41, 5.74) is 7.39. The monoisotopic (exact) mass is 360 g/mol. The van der Waals surface area contributed by atoms with Gasteiger partial charge in [-0.15, -0.1) is 0 Å². The standard InChI is InChI=1S/C15H16N6O3S/c1-23-9-4-3-8(5-10(9)24-2)17-6-11(22)25-14-12-13(19-7-18-12)20-15(16)21-14/h3-5,7,17H,6H2,1-2H3,(H3,16,18,19,20,21). The van der Waals surface area contributed by atoms with Crippen LogP contribution in [0.15, 0.2) is 29.6 Å². The number of nitrogen functional groups attached to an aromatic ring is 1. The number of thioether (sulfide) groups is 1. The first-order valence-corrected chi connectivity index (χ1v) is 8.05. The van der Waals surface area contributed by atoms with Gasteiger partial charge in [-0.25, -0.2) is 9.97 Å². The summed E-state index contributed by atoms with van der Waals surface area (Å²) >= 11 is 0.969. The van der Waals surface area contributed by atoms with Crippen LogP contribution in [-0.2, 0) is 4.79 Å². The van der Waals surface area contributed by atoms with Crippen LogP contribution in [0.1, 0.15) is 0 Å². The Kier molecular flexibility index (Phi) is 4.89. The molecule has 3 rings (SSSR count). The van der Waals surface area contributed by atoms with E-state index >= 15 is 0 Å². The molecule has 0 unspecified atom stereocenters. The van der Waals surface area contributed by atoms with Crippen molar-refractivity contribution in [2.24, 2.45) is 0 Å². The highest BCUT2D eigenvalue weighted by Gasteiger charge is 2.14. The van der Waals surface area contributed by atoms with Crippen molar-refractivity contribution in [3.63, 3.8) is 0 Å². The van der Waals surface area contributed by atoms with E-state index < -0.39 is 0 Å². The second-order valence-corrected chi connectivity index (χ2v) is 5.93. The largest absolute Gasteiger partial charge is 0.493 e. The van der Waals surface area contributed by atoms with Crippen molar-refractivity contribution in [1.29, 1.82) is 0 Å². The minimum Gasteiger partial charge on any atom is -0.493 e. The molecule has 4 N–H and O–H groups in total. The van der Waals surface area contributed by atoms with E-state index in [9.17, 15) is 4.79 Å². The molecule has 0 spiro atoms. The van der Waals surface area contributed by atoms with Crippen LogP contribution in [0, 0.1) is 0 Å². The van der Waals surface area contributed by atoms with E-state index in [2.05, 4.69) is 25.3 Å². The average molecular weight is 360 g/mol. The molecule has 0 amide bonds. The molecule has 0 bridgehead atoms. The number of fused-ring (bicyclic) bond motifs is 1. The van der Waals surface area contributed by atoms with Gasteiger partial charge in [-0.3, -0.25) is 4.79 Å². The van der Waals surface area contributed by atoms with Crippen molar-refractivity contribution in [3.8, 4) is 11.5 Å². The molecule has 0 saturated heterocycles. The van der Waals surface area contributed by atoms with Gasteiger partial charge < -0.3 is 25.5 Å². The molecule has 10 heteroatoms. The smallest absolute Gasteiger partial charge is 0.223 e. The van der Waals surface area contributed by atoms with E-state index in [0.29, 0.717) is 27.7 Å². The van der Waals surface area contributed by atoms with Crippen molar-refractivity contribution in [2.45, 2.75) is 5.03 Å². The number of nitrogens with one attached hydrogen (secondary N) is 2. The van der Waals surface area contributed by atoms with Gasteiger partial charge in [0.15, 0.2) is 17.1 Å². The van der Waals surface area contributed by atoms with Crippen LogP contribution in [0.4, 0.5) is 11.6 Å². The van der Waals surface area contributed by atoms with Crippen LogP contribution in [0.5, 0.6) is 11.5 Å². The van der Waals surface area contributed by atoms with Gasteiger partial charge in [0.25, 0.3) is 0 Å². The van der Waals surface area contributed by atoms with Gasteiger partial charge in [-0.05, 0) is 23.9 Å². The Bertz CT molecular complexity index is 913. The predicted molar refractivity (Wildman–Crippen MR) is 95.0 cm³/mol. The van der Waals surface area contributed by atoms with E-state index in [-0.39, 0.29) is 17.6 Å². The Balaban J connectivity index is 1.67. The van der Waals surface area contributed by atoms with Crippen LogP contribution in [0.2, 0.25) is 0 Å². The highest BCUT2D eigenvalue weighted by Crippen LogP contribution is 2.30. The minimum absolute atomic E-state index is 0.0720. The number of hydrogen-bond donors (Lipinski definition) is 3. The molecule has 0 aliphatic rings. The van der Waals surface area contributed by atoms with Gasteiger partial charge >= 0.3 is 0 Å². The van der Waals surface area contributed by atoms with Gasteiger partial charge in [0, 0.05) is 11.8 Å². The van der Waals surface area contributed by atoms with Crippen molar-refractivity contribution in [2.75, 3.05) is 31.8 Å². The van der Waals surface area contributed by atoms with E-state index in [1.54, 1.807) is 32.4 Å². The first-order valence-electron chi connectivity index (χ1n) is 7.24. The normalized spacial score (nSPS) is 10.6. The van der Waals surface area contributed by atoms with Crippen molar-refractivity contribution >= 4 is 39.7 Å². The number of aromatic amines is 1. The van der Waals surface area contributed by atoms with Crippen molar-refractivity contribution in [3.05, 3.63) is 24.5 Å². The molecule has 0 atom stereocenters. The molecule has 3 aromatic rings. The lowest BCUT2D eigenvalue weighted by Gasteiger charge is -2.10. The summed E-state index contributed by atoms with van der Waals surface area (Å²) < 4.78 is 10.4. The summed E-state index contributed by atoms with van der Waals surface area (Å²) in [6.07, 6.45) is 1.48. The number of methoxy groups -OCH3 is 2.